The number of carbonyl (C=O) groups excluding carboxylic acids is 1. The van der Waals surface area contributed by atoms with Crippen LogP contribution >= 0.6 is 0 Å². The first kappa shape index (κ1) is 12.9. The van der Waals surface area contributed by atoms with E-state index < -0.39 is 0 Å². The van der Waals surface area contributed by atoms with Gasteiger partial charge in [-0.3, -0.25) is 4.79 Å². The summed E-state index contributed by atoms with van der Waals surface area (Å²) in [5.74, 6) is 0.0474. The largest absolute Gasteiger partial charge is 0.378 e. The molecule has 0 aromatic heterocycles. The second-order valence-corrected chi connectivity index (χ2v) is 4.79. The van der Waals surface area contributed by atoms with Gasteiger partial charge in [0.2, 0.25) is 5.91 Å². The molecular formula is C14H20N2O2. The molecule has 1 fully saturated rings. The van der Waals surface area contributed by atoms with E-state index >= 15 is 0 Å². The van der Waals surface area contributed by atoms with Crippen LogP contribution in [0.25, 0.3) is 0 Å². The zero-order valence-corrected chi connectivity index (χ0v) is 11.0. The molecule has 1 aliphatic heterocycles. The second kappa shape index (κ2) is 5.87. The third kappa shape index (κ3) is 3.23. The van der Waals surface area contributed by atoms with Crippen molar-refractivity contribution in [3.05, 3.63) is 24.3 Å². The topological polar surface area (TPSA) is 41.6 Å². The highest BCUT2D eigenvalue weighted by atomic mass is 16.5. The Morgan fingerprint density at radius 2 is 2.06 bits per heavy atom. The van der Waals surface area contributed by atoms with Gasteiger partial charge < -0.3 is 15.0 Å². The molecule has 1 N–H and O–H groups in total. The van der Waals surface area contributed by atoms with Gasteiger partial charge in [0.1, 0.15) is 0 Å². The van der Waals surface area contributed by atoms with Crippen molar-refractivity contribution in [1.82, 2.24) is 0 Å². The first-order chi connectivity index (χ1) is 8.66. The number of amides is 1. The standard InChI is InChI=1S/C14H20N2O2/c1-11(2)14(17)15-12-4-3-5-13(10-12)16-6-8-18-9-7-16/h3-5,10-11H,6-9H2,1-2H3,(H,15,17). The predicted octanol–water partition coefficient (Wildman–Crippen LogP) is 2.12. The molecule has 0 unspecified atom stereocenters. The minimum atomic E-state index is -0.00274. The molecule has 1 amide bonds. The fourth-order valence-electron chi connectivity index (χ4n) is 1.89. The lowest BCUT2D eigenvalue weighted by atomic mass is 10.2. The maximum Gasteiger partial charge on any atom is 0.226 e. The van der Waals surface area contributed by atoms with Gasteiger partial charge in [0.15, 0.2) is 0 Å². The number of nitrogens with one attached hydrogen (secondary N) is 1. The highest BCUT2D eigenvalue weighted by Crippen LogP contribution is 2.20. The van der Waals surface area contributed by atoms with Crippen LogP contribution in [0.2, 0.25) is 0 Å². The number of carbonyl (C=O) groups is 1. The minimum Gasteiger partial charge on any atom is -0.378 e. The van der Waals surface area contributed by atoms with E-state index in [1.165, 1.54) is 0 Å². The lowest BCUT2D eigenvalue weighted by molar-refractivity contribution is -0.118. The SMILES string of the molecule is CC(C)C(=O)Nc1cccc(N2CCOCC2)c1. The maximum absolute atomic E-state index is 11.7. The van der Waals surface area contributed by atoms with E-state index in [1.54, 1.807) is 0 Å². The van der Waals surface area contributed by atoms with Gasteiger partial charge in [-0.2, -0.15) is 0 Å². The van der Waals surface area contributed by atoms with E-state index in [4.69, 9.17) is 4.74 Å². The van der Waals surface area contributed by atoms with E-state index in [1.807, 2.05) is 32.0 Å². The molecule has 0 radical (unpaired) electrons. The van der Waals surface area contributed by atoms with Crippen LogP contribution in [0.15, 0.2) is 24.3 Å². The van der Waals surface area contributed by atoms with Gasteiger partial charge in [-0.05, 0) is 18.2 Å². The van der Waals surface area contributed by atoms with Gasteiger partial charge in [0, 0.05) is 30.4 Å². The average molecular weight is 248 g/mol. The Morgan fingerprint density at radius 3 is 2.72 bits per heavy atom. The molecule has 0 bridgehead atoms. The monoisotopic (exact) mass is 248 g/mol. The van der Waals surface area contributed by atoms with Crippen molar-refractivity contribution in [2.45, 2.75) is 13.8 Å². The number of ether oxygens (including phenoxy) is 1. The summed E-state index contributed by atoms with van der Waals surface area (Å²) in [6, 6.07) is 7.98. The molecule has 0 aliphatic carbocycles. The van der Waals surface area contributed by atoms with Crippen molar-refractivity contribution >= 4 is 17.3 Å². The first-order valence-electron chi connectivity index (χ1n) is 6.40. The first-order valence-corrected chi connectivity index (χ1v) is 6.40. The minimum absolute atomic E-state index is 0.00274. The molecule has 18 heavy (non-hydrogen) atoms. The lowest BCUT2D eigenvalue weighted by Crippen LogP contribution is -2.36. The molecule has 1 heterocycles. The van der Waals surface area contributed by atoms with E-state index in [0.717, 1.165) is 37.7 Å². The van der Waals surface area contributed by atoms with Crippen molar-refractivity contribution in [2.24, 2.45) is 5.92 Å². The zero-order chi connectivity index (χ0) is 13.0. The van der Waals surface area contributed by atoms with E-state index in [9.17, 15) is 4.79 Å². The summed E-state index contributed by atoms with van der Waals surface area (Å²) in [4.78, 5) is 13.9. The van der Waals surface area contributed by atoms with Crippen LogP contribution in [0, 0.1) is 5.92 Å². The summed E-state index contributed by atoms with van der Waals surface area (Å²) in [5.41, 5.74) is 2.00. The number of morpholine rings is 1. The van der Waals surface area contributed by atoms with Gasteiger partial charge in [-0.15, -0.1) is 0 Å². The lowest BCUT2D eigenvalue weighted by Gasteiger charge is -2.29. The Hall–Kier alpha value is -1.55. The maximum atomic E-state index is 11.7. The molecule has 4 heteroatoms. The predicted molar refractivity (Wildman–Crippen MR) is 72.9 cm³/mol. The Bertz CT molecular complexity index is 412. The summed E-state index contributed by atoms with van der Waals surface area (Å²) in [6.45, 7) is 7.12. The van der Waals surface area contributed by atoms with Crippen LogP contribution in [-0.2, 0) is 9.53 Å². The van der Waals surface area contributed by atoms with Crippen LogP contribution in [0.1, 0.15) is 13.8 Å². The molecule has 1 saturated heterocycles. The Kier molecular flexibility index (Phi) is 4.20. The van der Waals surface area contributed by atoms with Gasteiger partial charge >= 0.3 is 0 Å². The van der Waals surface area contributed by atoms with Crippen LogP contribution in [0.5, 0.6) is 0 Å². The summed E-state index contributed by atoms with van der Waals surface area (Å²) >= 11 is 0. The number of hydrogen-bond acceptors (Lipinski definition) is 3. The molecule has 1 aliphatic rings. The third-order valence-electron chi connectivity index (χ3n) is 3.01. The summed E-state index contributed by atoms with van der Waals surface area (Å²) in [5, 5.41) is 2.92. The Balaban J connectivity index is 2.07. The summed E-state index contributed by atoms with van der Waals surface area (Å²) < 4.78 is 5.34. The molecule has 0 saturated carbocycles. The van der Waals surface area contributed by atoms with Crippen LogP contribution in [-0.4, -0.2) is 32.2 Å². The molecule has 0 spiro atoms. The quantitative estimate of drug-likeness (QED) is 0.891. The van der Waals surface area contributed by atoms with Crippen LogP contribution in [0.3, 0.4) is 0 Å². The average Bonchev–Trinajstić information content (AvgIpc) is 2.40. The van der Waals surface area contributed by atoms with E-state index in [2.05, 4.69) is 16.3 Å². The molecule has 98 valence electrons. The normalized spacial score (nSPS) is 15.8. The zero-order valence-electron chi connectivity index (χ0n) is 11.0. The number of rotatable bonds is 3. The molecular weight excluding hydrogens is 228 g/mol. The van der Waals surface area contributed by atoms with Gasteiger partial charge in [0.25, 0.3) is 0 Å². The number of hydrogen-bond donors (Lipinski definition) is 1. The van der Waals surface area contributed by atoms with E-state index in [-0.39, 0.29) is 11.8 Å². The Labute approximate surface area is 108 Å². The smallest absolute Gasteiger partial charge is 0.226 e. The van der Waals surface area contributed by atoms with Crippen molar-refractivity contribution in [1.29, 1.82) is 0 Å². The molecule has 2 rings (SSSR count). The summed E-state index contributed by atoms with van der Waals surface area (Å²) in [7, 11) is 0. The van der Waals surface area contributed by atoms with Crippen molar-refractivity contribution in [3.63, 3.8) is 0 Å². The van der Waals surface area contributed by atoms with Crippen LogP contribution < -0.4 is 10.2 Å². The van der Waals surface area contributed by atoms with Crippen molar-refractivity contribution in [3.8, 4) is 0 Å². The highest BCUT2D eigenvalue weighted by molar-refractivity contribution is 5.92. The van der Waals surface area contributed by atoms with Crippen LogP contribution in [0.4, 0.5) is 11.4 Å². The third-order valence-corrected chi connectivity index (χ3v) is 3.01. The van der Waals surface area contributed by atoms with Gasteiger partial charge in [-0.25, -0.2) is 0 Å². The van der Waals surface area contributed by atoms with Crippen molar-refractivity contribution in [2.75, 3.05) is 36.5 Å². The molecule has 1 aromatic rings. The van der Waals surface area contributed by atoms with E-state index in [0.29, 0.717) is 0 Å². The number of benzene rings is 1. The fourth-order valence-corrected chi connectivity index (χ4v) is 1.89. The highest BCUT2D eigenvalue weighted by Gasteiger charge is 2.12. The molecule has 0 atom stereocenters. The number of nitrogens with zero attached hydrogens (tertiary/aromatic N) is 1. The van der Waals surface area contributed by atoms with Gasteiger partial charge in [-0.1, -0.05) is 19.9 Å². The van der Waals surface area contributed by atoms with Gasteiger partial charge in [0.05, 0.1) is 13.2 Å². The Morgan fingerprint density at radius 1 is 1.33 bits per heavy atom. The summed E-state index contributed by atoms with van der Waals surface area (Å²) in [6.07, 6.45) is 0. The molecule has 4 nitrogen and oxygen atoms in total. The molecule has 1 aromatic carbocycles. The number of anilines is 2. The van der Waals surface area contributed by atoms with Crippen molar-refractivity contribution < 1.29 is 9.53 Å². The second-order valence-electron chi connectivity index (χ2n) is 4.79. The fraction of sp³-hybridized carbons (Fsp3) is 0.500.